The molecule has 6 rings (SSSR count). The predicted octanol–water partition coefficient (Wildman–Crippen LogP) is 5.74. The molecule has 5 nitrogen and oxygen atoms in total. The van der Waals surface area contributed by atoms with E-state index in [4.69, 9.17) is 11.6 Å². The standard InChI is InChI=1S/C25H23ClN4OS2/c26-19-3-1-17(2-4-19)14-25(6-7-25)24(31)30-10-8-29(9-11-30)23-22-20(27-16-28-23)13-21(33-22)18-5-12-32-15-18/h1-5,12-13,15-16H,6-11,14H2. The van der Waals surface area contributed by atoms with Crippen LogP contribution in [0.3, 0.4) is 0 Å². The number of anilines is 1. The van der Waals surface area contributed by atoms with Crippen LogP contribution < -0.4 is 4.90 Å². The van der Waals surface area contributed by atoms with Gasteiger partial charge in [0.05, 0.1) is 15.6 Å². The summed E-state index contributed by atoms with van der Waals surface area (Å²) in [4.78, 5) is 28.1. The molecule has 1 saturated carbocycles. The van der Waals surface area contributed by atoms with E-state index in [-0.39, 0.29) is 5.41 Å². The SMILES string of the molecule is O=C(N1CCN(c2ncnc3cc(-c4ccsc4)sc23)CC1)C1(Cc2ccc(Cl)cc2)CC1. The Morgan fingerprint density at radius 3 is 2.55 bits per heavy atom. The Hall–Kier alpha value is -2.48. The third kappa shape index (κ3) is 4.03. The van der Waals surface area contributed by atoms with Gasteiger partial charge in [-0.3, -0.25) is 4.79 Å². The van der Waals surface area contributed by atoms with Crippen LogP contribution in [0.25, 0.3) is 20.7 Å². The summed E-state index contributed by atoms with van der Waals surface area (Å²) in [5.74, 6) is 1.29. The summed E-state index contributed by atoms with van der Waals surface area (Å²) in [5.41, 5.74) is 3.19. The van der Waals surface area contributed by atoms with Crippen molar-refractivity contribution in [1.29, 1.82) is 0 Å². The number of hydrogen-bond acceptors (Lipinski definition) is 6. The molecule has 2 aliphatic rings. The number of amides is 1. The topological polar surface area (TPSA) is 49.3 Å². The minimum Gasteiger partial charge on any atom is -0.352 e. The molecule has 0 spiro atoms. The van der Waals surface area contributed by atoms with E-state index in [2.05, 4.69) is 42.7 Å². The largest absolute Gasteiger partial charge is 0.352 e. The van der Waals surface area contributed by atoms with Gasteiger partial charge in [0.25, 0.3) is 0 Å². The monoisotopic (exact) mass is 494 g/mol. The zero-order valence-electron chi connectivity index (χ0n) is 18.0. The number of aromatic nitrogens is 2. The van der Waals surface area contributed by atoms with Crippen molar-refractivity contribution in [2.45, 2.75) is 19.3 Å². The molecule has 4 heterocycles. The number of rotatable bonds is 5. The molecule has 0 N–H and O–H groups in total. The van der Waals surface area contributed by atoms with Crippen molar-refractivity contribution in [3.63, 3.8) is 0 Å². The highest BCUT2D eigenvalue weighted by Crippen LogP contribution is 2.50. The predicted molar refractivity (Wildman–Crippen MR) is 136 cm³/mol. The molecule has 0 unspecified atom stereocenters. The Bertz CT molecular complexity index is 1290. The highest BCUT2D eigenvalue weighted by molar-refractivity contribution is 7.23. The fourth-order valence-electron chi connectivity index (χ4n) is 4.68. The van der Waals surface area contributed by atoms with Crippen LogP contribution in [0.15, 0.2) is 53.5 Å². The van der Waals surface area contributed by atoms with Crippen LogP contribution in [-0.2, 0) is 11.2 Å². The van der Waals surface area contributed by atoms with Crippen molar-refractivity contribution in [2.24, 2.45) is 5.41 Å². The van der Waals surface area contributed by atoms with Gasteiger partial charge in [-0.15, -0.1) is 11.3 Å². The number of benzene rings is 1. The molecule has 3 aromatic heterocycles. The van der Waals surface area contributed by atoms with Crippen LogP contribution in [0.1, 0.15) is 18.4 Å². The van der Waals surface area contributed by atoms with Crippen LogP contribution in [0.4, 0.5) is 5.82 Å². The fraction of sp³-hybridized carbons (Fsp3) is 0.320. The second kappa shape index (κ2) is 8.38. The van der Waals surface area contributed by atoms with E-state index in [1.807, 2.05) is 24.3 Å². The molecule has 2 fully saturated rings. The average Bonchev–Trinajstić information content (AvgIpc) is 3.24. The second-order valence-electron chi connectivity index (χ2n) is 8.90. The minimum atomic E-state index is -0.221. The van der Waals surface area contributed by atoms with E-state index in [1.54, 1.807) is 29.0 Å². The summed E-state index contributed by atoms with van der Waals surface area (Å²) < 4.78 is 1.12. The van der Waals surface area contributed by atoms with Crippen molar-refractivity contribution < 1.29 is 4.79 Å². The van der Waals surface area contributed by atoms with Crippen LogP contribution in [0.5, 0.6) is 0 Å². The van der Waals surface area contributed by atoms with Crippen LogP contribution >= 0.6 is 34.3 Å². The molecular formula is C25H23ClN4OS2. The van der Waals surface area contributed by atoms with Gasteiger partial charge in [0.2, 0.25) is 5.91 Å². The number of halogens is 1. The molecule has 4 aromatic rings. The first-order chi connectivity index (χ1) is 16.1. The van der Waals surface area contributed by atoms with Crippen molar-refractivity contribution in [3.8, 4) is 10.4 Å². The number of fused-ring (bicyclic) bond motifs is 1. The van der Waals surface area contributed by atoms with Crippen molar-refractivity contribution in [1.82, 2.24) is 14.9 Å². The number of hydrogen-bond donors (Lipinski definition) is 0. The molecule has 1 aliphatic heterocycles. The van der Waals surface area contributed by atoms with E-state index >= 15 is 0 Å². The minimum absolute atomic E-state index is 0.221. The summed E-state index contributed by atoms with van der Waals surface area (Å²) in [7, 11) is 0. The van der Waals surface area contributed by atoms with E-state index in [9.17, 15) is 4.79 Å². The van der Waals surface area contributed by atoms with Gasteiger partial charge in [-0.1, -0.05) is 23.7 Å². The Morgan fingerprint density at radius 1 is 1.06 bits per heavy atom. The summed E-state index contributed by atoms with van der Waals surface area (Å²) >= 11 is 9.48. The van der Waals surface area contributed by atoms with E-state index in [0.29, 0.717) is 5.91 Å². The second-order valence-corrected chi connectivity index (χ2v) is 11.2. The van der Waals surface area contributed by atoms with Crippen LogP contribution in [0, 0.1) is 5.41 Å². The Labute approximate surface area is 205 Å². The van der Waals surface area contributed by atoms with Crippen LogP contribution in [0.2, 0.25) is 5.02 Å². The summed E-state index contributed by atoms with van der Waals surface area (Å²) in [6, 6.07) is 12.2. The Kier molecular flexibility index (Phi) is 5.35. The zero-order chi connectivity index (χ0) is 22.4. The van der Waals surface area contributed by atoms with Gasteiger partial charge in [-0.2, -0.15) is 11.3 Å². The summed E-state index contributed by atoms with van der Waals surface area (Å²) in [6.45, 7) is 3.05. The van der Waals surface area contributed by atoms with Gasteiger partial charge in [0.1, 0.15) is 12.1 Å². The van der Waals surface area contributed by atoms with E-state index < -0.39 is 0 Å². The number of piperazine rings is 1. The smallest absolute Gasteiger partial charge is 0.229 e. The molecule has 8 heteroatoms. The fourth-order valence-corrected chi connectivity index (χ4v) is 6.66. The highest BCUT2D eigenvalue weighted by atomic mass is 35.5. The molecule has 168 valence electrons. The third-order valence-corrected chi connectivity index (χ3v) is 8.83. The molecule has 1 aliphatic carbocycles. The molecule has 1 aromatic carbocycles. The van der Waals surface area contributed by atoms with Crippen molar-refractivity contribution >= 4 is 56.2 Å². The lowest BCUT2D eigenvalue weighted by atomic mass is 9.94. The summed E-state index contributed by atoms with van der Waals surface area (Å²) in [5, 5.41) is 5.00. The number of nitrogens with zero attached hydrogens (tertiary/aromatic N) is 4. The average molecular weight is 495 g/mol. The Balaban J connectivity index is 1.16. The van der Waals surface area contributed by atoms with Crippen LogP contribution in [-0.4, -0.2) is 47.0 Å². The van der Waals surface area contributed by atoms with Crippen molar-refractivity contribution in [2.75, 3.05) is 31.1 Å². The molecule has 0 radical (unpaired) electrons. The Morgan fingerprint density at radius 2 is 1.85 bits per heavy atom. The lowest BCUT2D eigenvalue weighted by Crippen LogP contribution is -2.51. The first-order valence-corrected chi connectivity index (χ1v) is 13.3. The number of carbonyl (C=O) groups excluding carboxylic acids is 1. The quantitative estimate of drug-likeness (QED) is 0.354. The normalized spacial score (nSPS) is 17.5. The lowest BCUT2D eigenvalue weighted by Gasteiger charge is -2.37. The van der Waals surface area contributed by atoms with E-state index in [1.165, 1.54) is 16.0 Å². The number of carbonyl (C=O) groups is 1. The molecule has 1 saturated heterocycles. The van der Waals surface area contributed by atoms with Gasteiger partial charge >= 0.3 is 0 Å². The molecule has 0 atom stereocenters. The van der Waals surface area contributed by atoms with Gasteiger partial charge in [-0.25, -0.2) is 9.97 Å². The first kappa shape index (κ1) is 21.1. The van der Waals surface area contributed by atoms with Gasteiger partial charge < -0.3 is 9.80 Å². The maximum Gasteiger partial charge on any atom is 0.229 e. The van der Waals surface area contributed by atoms with Gasteiger partial charge in [0, 0.05) is 41.6 Å². The summed E-state index contributed by atoms with van der Waals surface area (Å²) in [6.07, 6.45) is 4.41. The maximum absolute atomic E-state index is 13.4. The number of thiophene rings is 2. The lowest BCUT2D eigenvalue weighted by molar-refractivity contribution is -0.137. The molecular weight excluding hydrogens is 472 g/mol. The van der Waals surface area contributed by atoms with Gasteiger partial charge in [-0.05, 0) is 59.9 Å². The molecule has 1 amide bonds. The van der Waals surface area contributed by atoms with E-state index in [0.717, 1.165) is 66.5 Å². The molecule has 0 bridgehead atoms. The zero-order valence-corrected chi connectivity index (χ0v) is 20.4. The highest BCUT2D eigenvalue weighted by Gasteiger charge is 2.51. The molecule has 33 heavy (non-hydrogen) atoms. The maximum atomic E-state index is 13.4. The first-order valence-electron chi connectivity index (χ1n) is 11.2. The van der Waals surface area contributed by atoms with Gasteiger partial charge in [0.15, 0.2) is 0 Å². The third-order valence-electron chi connectivity index (χ3n) is 6.73. The van der Waals surface area contributed by atoms with Crippen molar-refractivity contribution in [3.05, 3.63) is 64.1 Å².